The number of hydrogen-bond acceptors (Lipinski definition) is 4. The molecule has 1 atom stereocenters. The highest BCUT2D eigenvalue weighted by Crippen LogP contribution is 2.20. The summed E-state index contributed by atoms with van der Waals surface area (Å²) < 4.78 is 0. The molecule has 2 rings (SSSR count). The number of carbonyl (C=O) groups is 2. The van der Waals surface area contributed by atoms with Crippen LogP contribution in [-0.2, 0) is 4.79 Å². The number of phenols is 1. The number of phenolic OH excluding ortho intramolecular Hbond substituents is 1. The van der Waals surface area contributed by atoms with Gasteiger partial charge >= 0.3 is 6.03 Å². The number of hydrogen-bond donors (Lipinski definition) is 2. The second kappa shape index (κ2) is 4.72. The van der Waals surface area contributed by atoms with Crippen LogP contribution in [0.5, 0.6) is 5.75 Å². The molecule has 100 valence electrons. The van der Waals surface area contributed by atoms with Gasteiger partial charge in [0.25, 0.3) is 5.91 Å². The number of hydrazone groups is 1. The third-order valence-electron chi connectivity index (χ3n) is 3.16. The second-order valence-electron chi connectivity index (χ2n) is 4.57. The Morgan fingerprint density at radius 2 is 2.00 bits per heavy atom. The summed E-state index contributed by atoms with van der Waals surface area (Å²) in [5.74, 6) is -0.222. The van der Waals surface area contributed by atoms with E-state index in [9.17, 15) is 9.59 Å². The van der Waals surface area contributed by atoms with Gasteiger partial charge < -0.3 is 10.4 Å². The Balaban J connectivity index is 2.17. The predicted molar refractivity (Wildman–Crippen MR) is 69.8 cm³/mol. The van der Waals surface area contributed by atoms with Crippen molar-refractivity contribution < 1.29 is 14.7 Å². The molecule has 2 N–H and O–H groups in total. The summed E-state index contributed by atoms with van der Waals surface area (Å²) in [5, 5.41) is 16.5. The van der Waals surface area contributed by atoms with Gasteiger partial charge in [-0.2, -0.15) is 5.10 Å². The van der Waals surface area contributed by atoms with E-state index in [4.69, 9.17) is 5.11 Å². The lowest BCUT2D eigenvalue weighted by Gasteiger charge is -2.17. The lowest BCUT2D eigenvalue weighted by Crippen LogP contribution is -2.42. The van der Waals surface area contributed by atoms with E-state index in [0.717, 1.165) is 5.01 Å². The number of rotatable bonds is 3. The van der Waals surface area contributed by atoms with Crippen LogP contribution < -0.4 is 5.32 Å². The summed E-state index contributed by atoms with van der Waals surface area (Å²) in [6, 6.07) is 5.75. The first kappa shape index (κ1) is 13.1. The van der Waals surface area contributed by atoms with Gasteiger partial charge in [0.2, 0.25) is 0 Å². The van der Waals surface area contributed by atoms with Crippen molar-refractivity contribution >= 4 is 18.2 Å². The number of carbonyl (C=O) groups excluding carboxylic acids is 2. The zero-order valence-corrected chi connectivity index (χ0v) is 10.8. The molecule has 0 radical (unpaired) electrons. The summed E-state index contributed by atoms with van der Waals surface area (Å²) >= 11 is 0. The van der Waals surface area contributed by atoms with Gasteiger partial charge in [0.05, 0.1) is 6.21 Å². The first-order valence-corrected chi connectivity index (χ1v) is 5.96. The smallest absolute Gasteiger partial charge is 0.346 e. The van der Waals surface area contributed by atoms with Gasteiger partial charge in [0, 0.05) is 0 Å². The van der Waals surface area contributed by atoms with Crippen LogP contribution in [0, 0.1) is 0 Å². The summed E-state index contributed by atoms with van der Waals surface area (Å²) in [7, 11) is 0. The number of urea groups is 1. The SMILES string of the molecule is CC[C@@]1(C)NC(=O)N(/N=C/c2ccc(O)cc2)C1=O. The number of nitrogens with one attached hydrogen (secondary N) is 1. The maximum Gasteiger partial charge on any atom is 0.346 e. The summed E-state index contributed by atoms with van der Waals surface area (Å²) in [6.07, 6.45) is 1.90. The average Bonchev–Trinajstić information content (AvgIpc) is 2.61. The van der Waals surface area contributed by atoms with Crippen molar-refractivity contribution in [1.29, 1.82) is 0 Å². The van der Waals surface area contributed by atoms with Crippen molar-refractivity contribution in [3.05, 3.63) is 29.8 Å². The van der Waals surface area contributed by atoms with Gasteiger partial charge in [-0.15, -0.1) is 5.01 Å². The average molecular weight is 261 g/mol. The molecule has 1 aromatic rings. The molecule has 0 spiro atoms. The molecule has 0 aliphatic carbocycles. The quantitative estimate of drug-likeness (QED) is 0.638. The fraction of sp³-hybridized carbons (Fsp3) is 0.308. The molecule has 1 fully saturated rings. The molecule has 1 heterocycles. The van der Waals surface area contributed by atoms with Crippen LogP contribution >= 0.6 is 0 Å². The van der Waals surface area contributed by atoms with E-state index >= 15 is 0 Å². The largest absolute Gasteiger partial charge is 0.508 e. The Morgan fingerprint density at radius 1 is 1.37 bits per heavy atom. The monoisotopic (exact) mass is 261 g/mol. The summed E-state index contributed by atoms with van der Waals surface area (Å²) in [4.78, 5) is 23.7. The van der Waals surface area contributed by atoms with Crippen molar-refractivity contribution in [2.45, 2.75) is 25.8 Å². The van der Waals surface area contributed by atoms with E-state index in [1.54, 1.807) is 19.1 Å². The molecule has 0 unspecified atom stereocenters. The van der Waals surface area contributed by atoms with Gasteiger partial charge in [0.1, 0.15) is 11.3 Å². The molecule has 19 heavy (non-hydrogen) atoms. The van der Waals surface area contributed by atoms with Crippen molar-refractivity contribution in [3.63, 3.8) is 0 Å². The van der Waals surface area contributed by atoms with Crippen LogP contribution in [0.25, 0.3) is 0 Å². The molecule has 6 nitrogen and oxygen atoms in total. The minimum atomic E-state index is -0.886. The van der Waals surface area contributed by atoms with E-state index < -0.39 is 11.6 Å². The molecule has 1 saturated heterocycles. The van der Waals surface area contributed by atoms with Gasteiger partial charge in [0.15, 0.2) is 0 Å². The molecule has 0 aromatic heterocycles. The minimum Gasteiger partial charge on any atom is -0.508 e. The molecule has 3 amide bonds. The van der Waals surface area contributed by atoms with E-state index in [-0.39, 0.29) is 11.7 Å². The van der Waals surface area contributed by atoms with Crippen LogP contribution in [0.4, 0.5) is 4.79 Å². The van der Waals surface area contributed by atoms with Crippen molar-refractivity contribution in [3.8, 4) is 5.75 Å². The first-order chi connectivity index (χ1) is 8.96. The summed E-state index contributed by atoms with van der Waals surface area (Å²) in [6.45, 7) is 3.49. The Bertz CT molecular complexity index is 539. The van der Waals surface area contributed by atoms with Crippen LogP contribution in [-0.4, -0.2) is 33.8 Å². The van der Waals surface area contributed by atoms with Crippen LogP contribution in [0.1, 0.15) is 25.8 Å². The number of benzene rings is 1. The predicted octanol–water partition coefficient (Wildman–Crippen LogP) is 1.45. The Morgan fingerprint density at radius 3 is 2.53 bits per heavy atom. The fourth-order valence-corrected chi connectivity index (χ4v) is 1.70. The Labute approximate surface area is 110 Å². The van der Waals surface area contributed by atoms with Gasteiger partial charge in [-0.05, 0) is 43.2 Å². The number of nitrogens with zero attached hydrogens (tertiary/aromatic N) is 2. The fourth-order valence-electron chi connectivity index (χ4n) is 1.70. The highest BCUT2D eigenvalue weighted by Gasteiger charge is 2.46. The molecular formula is C13H15N3O3. The van der Waals surface area contributed by atoms with E-state index in [1.165, 1.54) is 18.3 Å². The van der Waals surface area contributed by atoms with Crippen LogP contribution in [0.15, 0.2) is 29.4 Å². The normalized spacial score (nSPS) is 23.2. The Hall–Kier alpha value is -2.37. The zero-order valence-electron chi connectivity index (χ0n) is 10.8. The molecule has 6 heteroatoms. The lowest BCUT2D eigenvalue weighted by molar-refractivity contribution is -0.130. The third-order valence-corrected chi connectivity index (χ3v) is 3.16. The van der Waals surface area contributed by atoms with Gasteiger partial charge in [-0.1, -0.05) is 6.92 Å². The highest BCUT2D eigenvalue weighted by molar-refractivity contribution is 6.07. The molecule has 0 saturated carbocycles. The number of aromatic hydroxyl groups is 1. The molecule has 0 bridgehead atoms. The number of amides is 3. The standard InChI is InChI=1S/C13H15N3O3/c1-3-13(2)11(18)16(12(19)15-13)14-8-9-4-6-10(17)7-5-9/h4-8,17H,3H2,1-2H3,(H,15,19)/b14-8+/t13-/m1/s1. The molecule has 1 aromatic carbocycles. The maximum atomic E-state index is 12.0. The zero-order chi connectivity index (χ0) is 14.0. The molecule has 1 aliphatic heterocycles. The topological polar surface area (TPSA) is 82.0 Å². The van der Waals surface area contributed by atoms with E-state index in [1.807, 2.05) is 6.92 Å². The first-order valence-electron chi connectivity index (χ1n) is 5.96. The highest BCUT2D eigenvalue weighted by atomic mass is 16.3. The maximum absolute atomic E-state index is 12.0. The second-order valence-corrected chi connectivity index (χ2v) is 4.57. The van der Waals surface area contributed by atoms with E-state index in [0.29, 0.717) is 12.0 Å². The summed E-state index contributed by atoms with van der Waals surface area (Å²) in [5.41, 5.74) is -0.202. The van der Waals surface area contributed by atoms with Crippen molar-refractivity contribution in [2.75, 3.05) is 0 Å². The Kier molecular flexibility index (Phi) is 3.25. The third kappa shape index (κ3) is 2.42. The minimum absolute atomic E-state index is 0.144. The van der Waals surface area contributed by atoms with Crippen LogP contribution in [0.2, 0.25) is 0 Å². The van der Waals surface area contributed by atoms with Crippen molar-refractivity contribution in [2.24, 2.45) is 5.10 Å². The molecular weight excluding hydrogens is 246 g/mol. The van der Waals surface area contributed by atoms with Crippen molar-refractivity contribution in [1.82, 2.24) is 10.3 Å². The number of imide groups is 1. The lowest BCUT2D eigenvalue weighted by atomic mass is 10.00. The van der Waals surface area contributed by atoms with Gasteiger partial charge in [-0.25, -0.2) is 4.79 Å². The molecule has 1 aliphatic rings. The van der Waals surface area contributed by atoms with Gasteiger partial charge in [-0.3, -0.25) is 4.79 Å². The van der Waals surface area contributed by atoms with Crippen LogP contribution in [0.3, 0.4) is 0 Å². The van der Waals surface area contributed by atoms with E-state index in [2.05, 4.69) is 10.4 Å².